The second-order valence-corrected chi connectivity index (χ2v) is 4.55. The summed E-state index contributed by atoms with van der Waals surface area (Å²) in [6.07, 6.45) is 3.65. The van der Waals surface area contributed by atoms with E-state index in [1.54, 1.807) is 30.1 Å². The lowest BCUT2D eigenvalue weighted by Crippen LogP contribution is -2.35. The standard InChI is InChI=1S/C12H12N4O2S/c1-16-9-4-3-8(15-12(19-2)14-7-13)5-10(9)18-6-11(16)17/h3-5H,6H2,1-2H3,(H,14,15). The molecule has 6 nitrogen and oxygen atoms in total. The Balaban J connectivity index is 2.32. The number of fused-ring (bicyclic) bond motifs is 1. The molecule has 7 heteroatoms. The number of nitrogens with zero attached hydrogens (tertiary/aromatic N) is 3. The number of carbonyl (C=O) groups is 1. The smallest absolute Gasteiger partial charge is 0.264 e. The largest absolute Gasteiger partial charge is 0.481 e. The van der Waals surface area contributed by atoms with Gasteiger partial charge in [0.15, 0.2) is 18.0 Å². The van der Waals surface area contributed by atoms with E-state index >= 15 is 0 Å². The second kappa shape index (κ2) is 5.63. The number of aliphatic imine (C=N–C) groups is 1. The number of thioether (sulfide) groups is 1. The first-order valence-corrected chi connectivity index (χ1v) is 6.69. The van der Waals surface area contributed by atoms with E-state index < -0.39 is 0 Å². The quantitative estimate of drug-likeness (QED) is 0.364. The van der Waals surface area contributed by atoms with Crippen molar-refractivity contribution in [1.29, 1.82) is 5.26 Å². The number of amidine groups is 1. The molecule has 98 valence electrons. The van der Waals surface area contributed by atoms with Gasteiger partial charge in [-0.05, 0) is 18.4 Å². The maximum absolute atomic E-state index is 11.5. The van der Waals surface area contributed by atoms with Crippen molar-refractivity contribution in [3.8, 4) is 11.9 Å². The van der Waals surface area contributed by atoms with Crippen molar-refractivity contribution in [3.63, 3.8) is 0 Å². The fourth-order valence-electron chi connectivity index (χ4n) is 1.63. The molecule has 0 atom stereocenters. The minimum atomic E-state index is -0.0836. The lowest BCUT2D eigenvalue weighted by Gasteiger charge is -2.25. The number of likely N-dealkylation sites (N-methyl/N-ethyl adjacent to an activating group) is 1. The molecule has 1 heterocycles. The molecule has 0 radical (unpaired) electrons. The van der Waals surface area contributed by atoms with Crippen molar-refractivity contribution in [2.45, 2.75) is 0 Å². The second-order valence-electron chi connectivity index (χ2n) is 3.75. The number of hydrogen-bond donors (Lipinski definition) is 1. The van der Waals surface area contributed by atoms with Gasteiger partial charge in [0.2, 0.25) is 0 Å². The zero-order valence-electron chi connectivity index (χ0n) is 10.5. The zero-order valence-corrected chi connectivity index (χ0v) is 11.3. The number of rotatable bonds is 1. The number of nitrogens with one attached hydrogen (secondary N) is 1. The van der Waals surface area contributed by atoms with Crippen LogP contribution in [-0.2, 0) is 4.79 Å². The minimum absolute atomic E-state index is 0.0303. The van der Waals surface area contributed by atoms with E-state index in [2.05, 4.69) is 10.3 Å². The molecule has 2 rings (SSSR count). The molecule has 1 aromatic carbocycles. The molecular formula is C12H12N4O2S. The zero-order chi connectivity index (χ0) is 13.8. The summed E-state index contributed by atoms with van der Waals surface area (Å²) in [4.78, 5) is 17.3. The molecule has 0 fully saturated rings. The van der Waals surface area contributed by atoms with Crippen molar-refractivity contribution < 1.29 is 9.53 Å². The molecule has 1 N–H and O–H groups in total. The van der Waals surface area contributed by atoms with E-state index in [9.17, 15) is 4.79 Å². The monoisotopic (exact) mass is 276 g/mol. The third-order valence-electron chi connectivity index (χ3n) is 2.62. The van der Waals surface area contributed by atoms with E-state index in [4.69, 9.17) is 10.00 Å². The number of nitriles is 1. The van der Waals surface area contributed by atoms with Crippen LogP contribution >= 0.6 is 11.8 Å². The molecule has 0 unspecified atom stereocenters. The molecular weight excluding hydrogens is 264 g/mol. The first-order chi connectivity index (χ1) is 9.15. The summed E-state index contributed by atoms with van der Waals surface area (Å²) >= 11 is 1.34. The Morgan fingerprint density at radius 1 is 1.63 bits per heavy atom. The van der Waals surface area contributed by atoms with Gasteiger partial charge in [-0.2, -0.15) is 5.26 Å². The number of ether oxygens (including phenoxy) is 1. The van der Waals surface area contributed by atoms with Crippen LogP contribution in [0.1, 0.15) is 0 Å². The van der Waals surface area contributed by atoms with Crippen LogP contribution in [-0.4, -0.2) is 31.0 Å². The van der Waals surface area contributed by atoms with E-state index in [0.29, 0.717) is 22.3 Å². The normalized spacial score (nSPS) is 14.5. The highest BCUT2D eigenvalue weighted by Gasteiger charge is 2.22. The lowest BCUT2D eigenvalue weighted by molar-refractivity contribution is -0.120. The van der Waals surface area contributed by atoms with Crippen LogP contribution in [0.25, 0.3) is 0 Å². The average Bonchev–Trinajstić information content (AvgIpc) is 2.42. The summed E-state index contributed by atoms with van der Waals surface area (Å²) in [5, 5.41) is 11.6. The van der Waals surface area contributed by atoms with Crippen molar-refractivity contribution in [2.24, 2.45) is 4.99 Å². The Hall–Kier alpha value is -2.20. The van der Waals surface area contributed by atoms with E-state index in [1.807, 2.05) is 12.4 Å². The van der Waals surface area contributed by atoms with Gasteiger partial charge in [0.25, 0.3) is 5.91 Å². The van der Waals surface area contributed by atoms with Crippen LogP contribution in [0.15, 0.2) is 23.2 Å². The highest BCUT2D eigenvalue weighted by Crippen LogP contribution is 2.34. The summed E-state index contributed by atoms with van der Waals surface area (Å²) in [6.45, 7) is 0.0303. The molecule has 19 heavy (non-hydrogen) atoms. The molecule has 0 saturated carbocycles. The molecule has 1 amide bonds. The number of benzene rings is 1. The number of carbonyl (C=O) groups excluding carboxylic acids is 1. The van der Waals surface area contributed by atoms with E-state index in [-0.39, 0.29) is 12.5 Å². The first-order valence-electron chi connectivity index (χ1n) is 5.47. The Kier molecular flexibility index (Phi) is 3.92. The van der Waals surface area contributed by atoms with E-state index in [0.717, 1.165) is 0 Å². The number of anilines is 1. The Bertz CT molecular complexity index is 580. The molecule has 0 spiro atoms. The summed E-state index contributed by atoms with van der Waals surface area (Å²) in [6, 6.07) is 5.29. The highest BCUT2D eigenvalue weighted by atomic mass is 32.2. The van der Waals surface area contributed by atoms with Crippen molar-refractivity contribution in [2.75, 3.05) is 24.8 Å². The number of hydrogen-bond acceptors (Lipinski definition) is 5. The fourth-order valence-corrected chi connectivity index (χ4v) is 1.97. The van der Waals surface area contributed by atoms with Gasteiger partial charge in [-0.25, -0.2) is 4.99 Å². The first kappa shape index (κ1) is 13.2. The Labute approximate surface area is 115 Å². The van der Waals surface area contributed by atoms with E-state index in [1.165, 1.54) is 11.8 Å². The third-order valence-corrected chi connectivity index (χ3v) is 3.20. The summed E-state index contributed by atoms with van der Waals surface area (Å²) in [5.41, 5.74) is 1.38. The molecule has 1 aromatic rings. The molecule has 0 aromatic heterocycles. The Morgan fingerprint density at radius 2 is 2.42 bits per heavy atom. The van der Waals surface area contributed by atoms with Gasteiger partial charge in [-0.1, -0.05) is 11.8 Å². The van der Waals surface area contributed by atoms with Gasteiger partial charge in [-0.15, -0.1) is 0 Å². The average molecular weight is 276 g/mol. The molecule has 1 aliphatic heterocycles. The van der Waals surface area contributed by atoms with Crippen LogP contribution in [0.4, 0.5) is 11.4 Å². The molecule has 1 aliphatic rings. The van der Waals surface area contributed by atoms with Crippen LogP contribution in [0, 0.1) is 11.5 Å². The molecule has 0 aliphatic carbocycles. The van der Waals surface area contributed by atoms with Gasteiger partial charge >= 0.3 is 0 Å². The molecule has 0 saturated heterocycles. The topological polar surface area (TPSA) is 77.7 Å². The van der Waals surface area contributed by atoms with Crippen LogP contribution in [0.3, 0.4) is 0 Å². The SMILES string of the molecule is CSC(=Nc1ccc2c(c1)OCC(=O)N2C)NC#N. The lowest BCUT2D eigenvalue weighted by atomic mass is 10.2. The third kappa shape index (κ3) is 2.80. The highest BCUT2D eigenvalue weighted by molar-refractivity contribution is 8.13. The van der Waals surface area contributed by atoms with Gasteiger partial charge in [0, 0.05) is 13.1 Å². The molecule has 0 bridgehead atoms. The summed E-state index contributed by atoms with van der Waals surface area (Å²) in [7, 11) is 1.71. The van der Waals surface area contributed by atoms with Gasteiger partial charge in [0.1, 0.15) is 5.75 Å². The minimum Gasteiger partial charge on any atom is -0.481 e. The maximum Gasteiger partial charge on any atom is 0.264 e. The van der Waals surface area contributed by atoms with Crippen molar-refractivity contribution >= 4 is 34.2 Å². The predicted octanol–water partition coefficient (Wildman–Crippen LogP) is 1.46. The summed E-state index contributed by atoms with van der Waals surface area (Å²) < 4.78 is 5.37. The fraction of sp³-hybridized carbons (Fsp3) is 0.250. The maximum atomic E-state index is 11.5. The van der Waals surface area contributed by atoms with Gasteiger partial charge in [-0.3, -0.25) is 10.1 Å². The number of amides is 1. The summed E-state index contributed by atoms with van der Waals surface area (Å²) in [5.74, 6) is 0.528. The van der Waals surface area contributed by atoms with Crippen LogP contribution in [0.2, 0.25) is 0 Å². The van der Waals surface area contributed by atoms with Crippen molar-refractivity contribution in [1.82, 2.24) is 5.32 Å². The Morgan fingerprint density at radius 3 is 3.11 bits per heavy atom. The van der Waals surface area contributed by atoms with Crippen LogP contribution in [0.5, 0.6) is 5.75 Å². The van der Waals surface area contributed by atoms with Gasteiger partial charge < -0.3 is 9.64 Å². The van der Waals surface area contributed by atoms with Crippen molar-refractivity contribution in [3.05, 3.63) is 18.2 Å². The van der Waals surface area contributed by atoms with Gasteiger partial charge in [0.05, 0.1) is 11.4 Å². The predicted molar refractivity (Wildman–Crippen MR) is 74.7 cm³/mol. The van der Waals surface area contributed by atoms with Crippen LogP contribution < -0.4 is 15.0 Å².